The molecule has 2 aromatic rings. The Morgan fingerprint density at radius 3 is 2.58 bits per heavy atom. The molecule has 0 aromatic heterocycles. The highest BCUT2D eigenvalue weighted by molar-refractivity contribution is 7.80. The number of hydrogen-bond donors (Lipinski definition) is 2. The third kappa shape index (κ3) is 3.33. The lowest BCUT2D eigenvalue weighted by Crippen LogP contribution is -2.29. The van der Waals surface area contributed by atoms with Gasteiger partial charge in [0, 0.05) is 27.7 Å². The predicted octanol–water partition coefficient (Wildman–Crippen LogP) is 4.50. The van der Waals surface area contributed by atoms with E-state index in [0.717, 1.165) is 12.8 Å². The first-order valence-electron chi connectivity index (χ1n) is 8.77. The van der Waals surface area contributed by atoms with Crippen molar-refractivity contribution in [3.63, 3.8) is 0 Å². The van der Waals surface area contributed by atoms with E-state index in [1.54, 1.807) is 30.3 Å². The maximum atomic E-state index is 12.9. The van der Waals surface area contributed by atoms with Crippen molar-refractivity contribution in [2.24, 2.45) is 5.92 Å². The van der Waals surface area contributed by atoms with Crippen molar-refractivity contribution in [1.82, 2.24) is 0 Å². The van der Waals surface area contributed by atoms with Gasteiger partial charge >= 0.3 is 6.09 Å². The number of unbranched alkanes of at least 4 members (excludes halogenated alkanes) is 1. The number of Topliss-reactive ketones (excluding diaryl/α,β-unsaturated/α-hetero) is 2. The standard InChI is InChI=1S/C20H21NO4S/c1-2-3-5-15-18(22)13-7-4-6-12-16(21-20(24)25-10-11-26)9-8-14(17(12)13)19(15)23/h4,6-9,15,26H,2-3,5,10-11H2,1H3,(H,21,24). The molecular weight excluding hydrogens is 350 g/mol. The van der Waals surface area contributed by atoms with Crippen LogP contribution in [0.5, 0.6) is 0 Å². The van der Waals surface area contributed by atoms with E-state index in [2.05, 4.69) is 17.9 Å². The third-order valence-corrected chi connectivity index (χ3v) is 4.79. The van der Waals surface area contributed by atoms with Crippen LogP contribution in [0.2, 0.25) is 0 Å². The molecule has 0 saturated heterocycles. The molecule has 3 rings (SSSR count). The minimum absolute atomic E-state index is 0.128. The summed E-state index contributed by atoms with van der Waals surface area (Å²) >= 11 is 4.00. The highest BCUT2D eigenvalue weighted by Crippen LogP contribution is 2.37. The number of benzene rings is 2. The zero-order valence-electron chi connectivity index (χ0n) is 14.6. The Morgan fingerprint density at radius 2 is 1.88 bits per heavy atom. The number of carbonyl (C=O) groups is 3. The summed E-state index contributed by atoms with van der Waals surface area (Å²) in [5, 5.41) is 3.96. The fourth-order valence-corrected chi connectivity index (χ4v) is 3.47. The summed E-state index contributed by atoms with van der Waals surface area (Å²) in [5.41, 5.74) is 1.61. The van der Waals surface area contributed by atoms with Crippen LogP contribution in [0.15, 0.2) is 30.3 Å². The van der Waals surface area contributed by atoms with E-state index < -0.39 is 12.0 Å². The first kappa shape index (κ1) is 18.5. The normalized spacial score (nSPS) is 16.0. The summed E-state index contributed by atoms with van der Waals surface area (Å²) in [7, 11) is 0. The van der Waals surface area contributed by atoms with Crippen LogP contribution in [0.3, 0.4) is 0 Å². The number of ketones is 2. The molecule has 1 amide bonds. The maximum absolute atomic E-state index is 12.9. The van der Waals surface area contributed by atoms with E-state index >= 15 is 0 Å². The van der Waals surface area contributed by atoms with Crippen LogP contribution >= 0.6 is 12.6 Å². The van der Waals surface area contributed by atoms with E-state index in [0.29, 0.717) is 39.8 Å². The van der Waals surface area contributed by atoms with Gasteiger partial charge in [-0.05, 0) is 18.6 Å². The van der Waals surface area contributed by atoms with E-state index in [-0.39, 0.29) is 18.2 Å². The van der Waals surface area contributed by atoms with Crippen molar-refractivity contribution < 1.29 is 19.1 Å². The molecule has 1 atom stereocenters. The Balaban J connectivity index is 2.03. The van der Waals surface area contributed by atoms with Gasteiger partial charge in [0.05, 0.1) is 11.6 Å². The summed E-state index contributed by atoms with van der Waals surface area (Å²) in [5.74, 6) is -0.431. The zero-order valence-corrected chi connectivity index (χ0v) is 15.5. The average Bonchev–Trinajstić information content (AvgIpc) is 2.65. The summed E-state index contributed by atoms with van der Waals surface area (Å²) in [4.78, 5) is 37.6. The quantitative estimate of drug-likeness (QED) is 0.579. The van der Waals surface area contributed by atoms with Crippen molar-refractivity contribution in [3.05, 3.63) is 41.5 Å². The predicted molar refractivity (Wildman–Crippen MR) is 104 cm³/mol. The molecule has 0 heterocycles. The van der Waals surface area contributed by atoms with E-state index in [9.17, 15) is 14.4 Å². The van der Waals surface area contributed by atoms with Crippen LogP contribution in [0.1, 0.15) is 46.9 Å². The van der Waals surface area contributed by atoms with Crippen molar-refractivity contribution >= 4 is 46.7 Å². The van der Waals surface area contributed by atoms with E-state index in [1.165, 1.54) is 0 Å². The number of nitrogens with one attached hydrogen (secondary N) is 1. The van der Waals surface area contributed by atoms with Gasteiger partial charge in [-0.15, -0.1) is 0 Å². The van der Waals surface area contributed by atoms with Crippen molar-refractivity contribution in [2.75, 3.05) is 17.7 Å². The molecule has 1 aliphatic rings. The van der Waals surface area contributed by atoms with Gasteiger partial charge in [-0.25, -0.2) is 4.79 Å². The highest BCUT2D eigenvalue weighted by atomic mass is 32.1. The molecule has 0 radical (unpaired) electrons. The van der Waals surface area contributed by atoms with E-state index in [1.807, 2.05) is 6.92 Å². The molecule has 0 bridgehead atoms. The molecule has 0 fully saturated rings. The summed E-state index contributed by atoms with van der Waals surface area (Å²) in [6.07, 6.45) is 1.75. The zero-order chi connectivity index (χ0) is 18.7. The van der Waals surface area contributed by atoms with Gasteiger partial charge in [0.1, 0.15) is 6.61 Å². The largest absolute Gasteiger partial charge is 0.448 e. The minimum Gasteiger partial charge on any atom is -0.448 e. The van der Waals surface area contributed by atoms with Crippen LogP contribution in [-0.2, 0) is 4.74 Å². The maximum Gasteiger partial charge on any atom is 0.411 e. The SMILES string of the molecule is CCCCC1C(=O)c2cccc3c(NC(=O)OCCS)ccc(c23)C1=O. The van der Waals surface area contributed by atoms with Gasteiger partial charge < -0.3 is 4.74 Å². The summed E-state index contributed by atoms with van der Waals surface area (Å²) in [6, 6.07) is 8.70. The molecule has 0 spiro atoms. The van der Waals surface area contributed by atoms with Gasteiger partial charge in [0.15, 0.2) is 11.6 Å². The number of amides is 1. The Bertz CT molecular complexity index is 855. The number of anilines is 1. The van der Waals surface area contributed by atoms with Crippen LogP contribution in [-0.4, -0.2) is 30.0 Å². The van der Waals surface area contributed by atoms with Crippen LogP contribution in [0, 0.1) is 5.92 Å². The average molecular weight is 371 g/mol. The van der Waals surface area contributed by atoms with Gasteiger partial charge in [0.2, 0.25) is 0 Å². The third-order valence-electron chi connectivity index (χ3n) is 4.61. The highest BCUT2D eigenvalue weighted by Gasteiger charge is 2.35. The van der Waals surface area contributed by atoms with Crippen LogP contribution in [0.25, 0.3) is 10.8 Å². The Labute approximate surface area is 157 Å². The molecule has 1 N–H and O–H groups in total. The first-order valence-corrected chi connectivity index (χ1v) is 9.40. The molecule has 26 heavy (non-hydrogen) atoms. The first-order chi connectivity index (χ1) is 12.6. The van der Waals surface area contributed by atoms with Crippen LogP contribution < -0.4 is 5.32 Å². The topological polar surface area (TPSA) is 72.5 Å². The second kappa shape index (κ2) is 7.91. The molecular formula is C20H21NO4S. The number of carbonyl (C=O) groups excluding carboxylic acids is 3. The van der Waals surface area contributed by atoms with Crippen LogP contribution in [0.4, 0.5) is 10.5 Å². The Hall–Kier alpha value is -2.34. The van der Waals surface area contributed by atoms with Crippen molar-refractivity contribution in [2.45, 2.75) is 26.2 Å². The second-order valence-electron chi connectivity index (χ2n) is 6.30. The lowest BCUT2D eigenvalue weighted by molar-refractivity contribution is 0.0793. The molecule has 0 aliphatic heterocycles. The lowest BCUT2D eigenvalue weighted by Gasteiger charge is -2.24. The van der Waals surface area contributed by atoms with Gasteiger partial charge in [-0.3, -0.25) is 14.9 Å². The van der Waals surface area contributed by atoms with E-state index in [4.69, 9.17) is 4.74 Å². The van der Waals surface area contributed by atoms with Gasteiger partial charge in [-0.1, -0.05) is 38.0 Å². The molecule has 6 heteroatoms. The number of ether oxygens (including phenoxy) is 1. The summed E-state index contributed by atoms with van der Waals surface area (Å²) < 4.78 is 4.99. The molecule has 0 saturated carbocycles. The number of thiol groups is 1. The molecule has 2 aromatic carbocycles. The second-order valence-corrected chi connectivity index (χ2v) is 6.74. The Morgan fingerprint density at radius 1 is 1.15 bits per heavy atom. The van der Waals surface area contributed by atoms with Crippen molar-refractivity contribution in [1.29, 1.82) is 0 Å². The molecule has 5 nitrogen and oxygen atoms in total. The molecule has 1 unspecified atom stereocenters. The Kier molecular flexibility index (Phi) is 5.61. The monoisotopic (exact) mass is 371 g/mol. The fraction of sp³-hybridized carbons (Fsp3) is 0.350. The molecule has 136 valence electrons. The van der Waals surface area contributed by atoms with Crippen molar-refractivity contribution in [3.8, 4) is 0 Å². The summed E-state index contributed by atoms with van der Waals surface area (Å²) in [6.45, 7) is 2.24. The number of hydrogen-bond acceptors (Lipinski definition) is 5. The smallest absolute Gasteiger partial charge is 0.411 e. The lowest BCUT2D eigenvalue weighted by atomic mass is 9.77. The minimum atomic E-state index is -0.604. The van der Waals surface area contributed by atoms with Gasteiger partial charge in [0.25, 0.3) is 0 Å². The fourth-order valence-electron chi connectivity index (χ4n) is 3.38. The number of rotatable bonds is 6. The van der Waals surface area contributed by atoms with Gasteiger partial charge in [-0.2, -0.15) is 12.6 Å². The molecule has 1 aliphatic carbocycles.